The van der Waals surface area contributed by atoms with Crippen molar-refractivity contribution in [1.29, 1.82) is 0 Å². The van der Waals surface area contributed by atoms with E-state index < -0.39 is 5.91 Å². The number of anilines is 1. The highest BCUT2D eigenvalue weighted by Gasteiger charge is 2.33. The van der Waals surface area contributed by atoms with E-state index in [2.05, 4.69) is 10.2 Å². The summed E-state index contributed by atoms with van der Waals surface area (Å²) in [7, 11) is 0. The lowest BCUT2D eigenvalue weighted by Crippen LogP contribution is -2.49. The first-order chi connectivity index (χ1) is 10.6. The number of nitrogens with one attached hydrogen (secondary N) is 1. The fourth-order valence-electron chi connectivity index (χ4n) is 3.87. The van der Waals surface area contributed by atoms with E-state index in [1.54, 1.807) is 11.4 Å². The van der Waals surface area contributed by atoms with E-state index in [1.165, 1.54) is 49.9 Å². The van der Waals surface area contributed by atoms with Crippen LogP contribution in [0.3, 0.4) is 0 Å². The van der Waals surface area contributed by atoms with Gasteiger partial charge < -0.3 is 11.1 Å². The van der Waals surface area contributed by atoms with Gasteiger partial charge >= 0.3 is 0 Å². The minimum absolute atomic E-state index is 0.0452. The van der Waals surface area contributed by atoms with Gasteiger partial charge in [0.25, 0.3) is 5.91 Å². The van der Waals surface area contributed by atoms with Gasteiger partial charge in [-0.15, -0.1) is 11.3 Å². The quantitative estimate of drug-likeness (QED) is 0.894. The fourth-order valence-corrected chi connectivity index (χ4v) is 4.68. The van der Waals surface area contributed by atoms with Gasteiger partial charge in [-0.3, -0.25) is 14.5 Å². The van der Waals surface area contributed by atoms with Crippen LogP contribution in [-0.2, 0) is 4.79 Å². The normalized spacial score (nSPS) is 25.5. The topological polar surface area (TPSA) is 75.4 Å². The van der Waals surface area contributed by atoms with Crippen molar-refractivity contribution in [2.75, 3.05) is 18.4 Å². The molecule has 1 aromatic rings. The molecular formula is C16H23N3O2S. The minimum atomic E-state index is -0.498. The van der Waals surface area contributed by atoms with E-state index >= 15 is 0 Å². The van der Waals surface area contributed by atoms with Crippen molar-refractivity contribution in [2.24, 2.45) is 11.7 Å². The maximum atomic E-state index is 12.3. The number of hydrogen-bond acceptors (Lipinski definition) is 4. The molecule has 1 saturated carbocycles. The number of piperidine rings is 1. The van der Waals surface area contributed by atoms with Gasteiger partial charge in [-0.1, -0.05) is 12.8 Å². The van der Waals surface area contributed by atoms with Gasteiger partial charge in [0, 0.05) is 6.04 Å². The zero-order valence-electron chi connectivity index (χ0n) is 12.7. The summed E-state index contributed by atoms with van der Waals surface area (Å²) in [5, 5.41) is 5.19. The maximum Gasteiger partial charge on any atom is 0.251 e. The first-order valence-corrected chi connectivity index (χ1v) is 8.94. The minimum Gasteiger partial charge on any atom is -0.366 e. The van der Waals surface area contributed by atoms with Crippen LogP contribution in [0, 0.1) is 5.92 Å². The van der Waals surface area contributed by atoms with Crippen molar-refractivity contribution in [3.05, 3.63) is 17.0 Å². The van der Waals surface area contributed by atoms with Crippen molar-refractivity contribution in [3.63, 3.8) is 0 Å². The van der Waals surface area contributed by atoms with Crippen molar-refractivity contribution >= 4 is 28.2 Å². The number of fused-ring (bicyclic) bond motifs is 1. The van der Waals surface area contributed by atoms with Gasteiger partial charge in [-0.05, 0) is 49.6 Å². The van der Waals surface area contributed by atoms with Crippen LogP contribution < -0.4 is 11.1 Å². The molecule has 0 unspecified atom stereocenters. The molecule has 22 heavy (non-hydrogen) atoms. The Balaban J connectivity index is 1.61. The van der Waals surface area contributed by atoms with Gasteiger partial charge in [0.1, 0.15) is 5.00 Å². The summed E-state index contributed by atoms with van der Waals surface area (Å²) in [5.41, 5.74) is 5.71. The molecule has 2 amide bonds. The first-order valence-electron chi connectivity index (χ1n) is 8.06. The second-order valence-corrected chi connectivity index (χ2v) is 7.22. The Morgan fingerprint density at radius 3 is 2.86 bits per heavy atom. The Morgan fingerprint density at radius 2 is 2.05 bits per heavy atom. The first kappa shape index (κ1) is 15.5. The van der Waals surface area contributed by atoms with Crippen LogP contribution in [-0.4, -0.2) is 35.8 Å². The van der Waals surface area contributed by atoms with E-state index in [4.69, 9.17) is 5.73 Å². The highest BCUT2D eigenvalue weighted by Crippen LogP contribution is 2.35. The number of likely N-dealkylation sites (tertiary alicyclic amines) is 1. The second kappa shape index (κ2) is 6.79. The highest BCUT2D eigenvalue weighted by molar-refractivity contribution is 7.14. The lowest BCUT2D eigenvalue weighted by Gasteiger charge is -2.43. The standard InChI is InChI=1S/C16H23N3O2S/c17-15(21)12-7-9-22-16(12)18-14(20)10-19-8-3-5-11-4-1-2-6-13(11)19/h7,9,11,13H,1-6,8,10H2,(H2,17,21)(H,18,20)/t11-,13-/m0/s1. The van der Waals surface area contributed by atoms with E-state index in [-0.39, 0.29) is 5.91 Å². The maximum absolute atomic E-state index is 12.3. The third kappa shape index (κ3) is 3.33. The molecule has 0 spiro atoms. The Labute approximate surface area is 134 Å². The molecule has 2 aliphatic rings. The zero-order valence-corrected chi connectivity index (χ0v) is 13.5. The molecule has 120 valence electrons. The number of amides is 2. The Hall–Kier alpha value is -1.40. The number of carbonyl (C=O) groups is 2. The highest BCUT2D eigenvalue weighted by atomic mass is 32.1. The Morgan fingerprint density at radius 1 is 1.27 bits per heavy atom. The van der Waals surface area contributed by atoms with Crippen LogP contribution in [0.5, 0.6) is 0 Å². The number of thiophene rings is 1. The molecule has 2 heterocycles. The van der Waals surface area contributed by atoms with E-state index in [0.29, 0.717) is 23.2 Å². The van der Waals surface area contributed by atoms with Crippen LogP contribution >= 0.6 is 11.3 Å². The predicted octanol–water partition coefficient (Wildman–Crippen LogP) is 2.44. The summed E-state index contributed by atoms with van der Waals surface area (Å²) in [6.45, 7) is 1.42. The van der Waals surface area contributed by atoms with E-state index in [0.717, 1.165) is 12.5 Å². The molecule has 0 bridgehead atoms. The molecule has 6 heteroatoms. The molecule has 3 rings (SSSR count). The van der Waals surface area contributed by atoms with E-state index in [9.17, 15) is 9.59 Å². The predicted molar refractivity (Wildman–Crippen MR) is 88.0 cm³/mol. The molecule has 3 N–H and O–H groups in total. The monoisotopic (exact) mass is 321 g/mol. The van der Waals surface area contributed by atoms with Crippen molar-refractivity contribution in [3.8, 4) is 0 Å². The average molecular weight is 321 g/mol. The third-order valence-corrected chi connectivity index (χ3v) is 5.72. The SMILES string of the molecule is NC(=O)c1ccsc1NC(=O)CN1CCC[C@@H]2CCCC[C@@H]21. The molecule has 1 saturated heterocycles. The van der Waals surface area contributed by atoms with Gasteiger partial charge in [-0.2, -0.15) is 0 Å². The van der Waals surface area contributed by atoms with Crippen LogP contribution in [0.15, 0.2) is 11.4 Å². The van der Waals surface area contributed by atoms with Gasteiger partial charge in [0.15, 0.2) is 0 Å². The number of hydrogen-bond donors (Lipinski definition) is 2. The van der Waals surface area contributed by atoms with Gasteiger partial charge in [-0.25, -0.2) is 0 Å². The average Bonchev–Trinajstić information content (AvgIpc) is 2.96. The molecule has 5 nitrogen and oxygen atoms in total. The van der Waals surface area contributed by atoms with Crippen LogP contribution in [0.25, 0.3) is 0 Å². The molecule has 1 aliphatic heterocycles. The summed E-state index contributed by atoms with van der Waals surface area (Å²) in [4.78, 5) is 26.0. The lowest BCUT2D eigenvalue weighted by molar-refractivity contribution is -0.118. The van der Waals surface area contributed by atoms with Gasteiger partial charge in [0.2, 0.25) is 5.91 Å². The Bertz CT molecular complexity index is 555. The molecule has 2 fully saturated rings. The van der Waals surface area contributed by atoms with E-state index in [1.807, 2.05) is 0 Å². The fraction of sp³-hybridized carbons (Fsp3) is 0.625. The zero-order chi connectivity index (χ0) is 15.5. The summed E-state index contributed by atoms with van der Waals surface area (Å²) in [6, 6.07) is 2.22. The Kier molecular flexibility index (Phi) is 4.78. The molecule has 1 aliphatic carbocycles. The third-order valence-electron chi connectivity index (χ3n) is 4.89. The smallest absolute Gasteiger partial charge is 0.251 e. The number of nitrogens with two attached hydrogens (primary N) is 1. The largest absolute Gasteiger partial charge is 0.366 e. The van der Waals surface area contributed by atoms with Crippen molar-refractivity contribution in [2.45, 2.75) is 44.6 Å². The summed E-state index contributed by atoms with van der Waals surface area (Å²) in [5.74, 6) is 0.219. The summed E-state index contributed by atoms with van der Waals surface area (Å²) >= 11 is 1.34. The number of carbonyl (C=O) groups excluding carboxylic acids is 2. The number of primary amides is 1. The summed E-state index contributed by atoms with van der Waals surface area (Å²) < 4.78 is 0. The van der Waals surface area contributed by atoms with Crippen molar-refractivity contribution < 1.29 is 9.59 Å². The molecule has 2 atom stereocenters. The number of nitrogens with zero attached hydrogens (tertiary/aromatic N) is 1. The van der Waals surface area contributed by atoms with Crippen LogP contribution in [0.4, 0.5) is 5.00 Å². The molecule has 0 radical (unpaired) electrons. The van der Waals surface area contributed by atoms with Crippen LogP contribution in [0.2, 0.25) is 0 Å². The molecule has 1 aromatic heterocycles. The van der Waals surface area contributed by atoms with Crippen LogP contribution in [0.1, 0.15) is 48.9 Å². The van der Waals surface area contributed by atoms with Gasteiger partial charge in [0.05, 0.1) is 12.1 Å². The summed E-state index contributed by atoms with van der Waals surface area (Å²) in [6.07, 6.45) is 7.61. The van der Waals surface area contributed by atoms with Crippen molar-refractivity contribution in [1.82, 2.24) is 4.90 Å². The second-order valence-electron chi connectivity index (χ2n) is 6.30. The lowest BCUT2D eigenvalue weighted by atomic mass is 9.78. The number of rotatable bonds is 4. The molecular weight excluding hydrogens is 298 g/mol. The molecule has 0 aromatic carbocycles.